The molecular formula is C15H8Cl3NO. The molecule has 0 N–H and O–H groups in total. The standard InChI is InChI=1S/C15H8Cl3NO/c16-10-3-1-2-9(6-10)13(8-19)15(20)12-5-4-11(17)7-14(12)18/h1-7,13H. The molecule has 5 heteroatoms. The molecule has 100 valence electrons. The number of nitrogens with zero attached hydrogens (tertiary/aromatic N) is 1. The number of Topliss-reactive ketones (excluding diaryl/α,β-unsaturated/α-hetero) is 1. The second kappa shape index (κ2) is 6.28. The van der Waals surface area contributed by atoms with Crippen LogP contribution in [0.3, 0.4) is 0 Å². The molecule has 2 nitrogen and oxygen atoms in total. The van der Waals surface area contributed by atoms with E-state index in [9.17, 15) is 10.1 Å². The summed E-state index contributed by atoms with van der Waals surface area (Å²) in [6, 6.07) is 13.2. The second-order valence-corrected chi connectivity index (χ2v) is 5.39. The zero-order valence-electron chi connectivity index (χ0n) is 10.1. The van der Waals surface area contributed by atoms with Crippen LogP contribution in [-0.2, 0) is 0 Å². The summed E-state index contributed by atoms with van der Waals surface area (Å²) < 4.78 is 0. The maximum absolute atomic E-state index is 12.4. The molecule has 2 aromatic rings. The van der Waals surface area contributed by atoms with Gasteiger partial charge in [0, 0.05) is 15.6 Å². The molecule has 0 heterocycles. The van der Waals surface area contributed by atoms with Gasteiger partial charge in [-0.25, -0.2) is 0 Å². The van der Waals surface area contributed by atoms with Crippen LogP contribution in [0.2, 0.25) is 15.1 Å². The Morgan fingerprint density at radius 1 is 1.05 bits per heavy atom. The molecule has 0 bridgehead atoms. The van der Waals surface area contributed by atoms with Gasteiger partial charge in [-0.2, -0.15) is 5.26 Å². The quantitative estimate of drug-likeness (QED) is 0.734. The van der Waals surface area contributed by atoms with E-state index in [1.807, 2.05) is 6.07 Å². The lowest BCUT2D eigenvalue weighted by Crippen LogP contribution is -2.11. The van der Waals surface area contributed by atoms with Gasteiger partial charge in [-0.15, -0.1) is 0 Å². The summed E-state index contributed by atoms with van der Waals surface area (Å²) in [7, 11) is 0. The van der Waals surface area contributed by atoms with Crippen molar-refractivity contribution in [1.29, 1.82) is 5.26 Å². The predicted octanol–water partition coefficient (Wildman–Crippen LogP) is 5.14. The van der Waals surface area contributed by atoms with Crippen molar-refractivity contribution in [2.24, 2.45) is 0 Å². The summed E-state index contributed by atoms with van der Waals surface area (Å²) in [6.45, 7) is 0. The van der Waals surface area contributed by atoms with Gasteiger partial charge in [-0.1, -0.05) is 46.9 Å². The number of carbonyl (C=O) groups excluding carboxylic acids is 1. The molecule has 2 rings (SSSR count). The van der Waals surface area contributed by atoms with Gasteiger partial charge < -0.3 is 0 Å². The van der Waals surface area contributed by atoms with Gasteiger partial charge in [0.15, 0.2) is 5.78 Å². The van der Waals surface area contributed by atoms with Crippen molar-refractivity contribution in [2.45, 2.75) is 5.92 Å². The lowest BCUT2D eigenvalue weighted by molar-refractivity contribution is 0.0979. The minimum Gasteiger partial charge on any atom is -0.292 e. The van der Waals surface area contributed by atoms with Gasteiger partial charge in [0.25, 0.3) is 0 Å². The molecule has 20 heavy (non-hydrogen) atoms. The number of carbonyl (C=O) groups is 1. The molecule has 2 aromatic carbocycles. The third-order valence-corrected chi connectivity index (χ3v) is 3.55. The molecule has 0 aliphatic heterocycles. The maximum Gasteiger partial charge on any atom is 0.185 e. The van der Waals surface area contributed by atoms with Crippen LogP contribution in [0.1, 0.15) is 21.8 Å². The average molecular weight is 325 g/mol. The summed E-state index contributed by atoms with van der Waals surface area (Å²) in [5.74, 6) is -1.33. The molecule has 0 saturated carbocycles. The predicted molar refractivity (Wildman–Crippen MR) is 80.6 cm³/mol. The minimum atomic E-state index is -0.952. The molecule has 0 radical (unpaired) electrons. The summed E-state index contributed by atoms with van der Waals surface area (Å²) in [6.07, 6.45) is 0. The van der Waals surface area contributed by atoms with Crippen molar-refractivity contribution < 1.29 is 4.79 Å². The summed E-state index contributed by atoms with van der Waals surface area (Å²) in [4.78, 5) is 12.4. The molecule has 1 atom stereocenters. The fourth-order valence-electron chi connectivity index (χ4n) is 1.82. The van der Waals surface area contributed by atoms with Crippen molar-refractivity contribution in [3.8, 4) is 6.07 Å². The molecule has 0 fully saturated rings. The van der Waals surface area contributed by atoms with E-state index >= 15 is 0 Å². The van der Waals surface area contributed by atoms with Crippen molar-refractivity contribution in [1.82, 2.24) is 0 Å². The third-order valence-electron chi connectivity index (χ3n) is 2.77. The Kier molecular flexibility index (Phi) is 4.67. The van der Waals surface area contributed by atoms with Crippen LogP contribution in [0, 0.1) is 11.3 Å². The summed E-state index contributed by atoms with van der Waals surface area (Å²) >= 11 is 17.7. The van der Waals surface area contributed by atoms with E-state index in [-0.39, 0.29) is 16.4 Å². The van der Waals surface area contributed by atoms with Crippen LogP contribution in [0.5, 0.6) is 0 Å². The third kappa shape index (κ3) is 3.13. The van der Waals surface area contributed by atoms with Crippen molar-refractivity contribution >= 4 is 40.6 Å². The normalized spacial score (nSPS) is 11.7. The highest BCUT2D eigenvalue weighted by Gasteiger charge is 2.23. The molecule has 1 unspecified atom stereocenters. The lowest BCUT2D eigenvalue weighted by atomic mass is 9.92. The minimum absolute atomic E-state index is 0.227. The van der Waals surface area contributed by atoms with E-state index in [2.05, 4.69) is 0 Å². The van der Waals surface area contributed by atoms with Gasteiger partial charge in [-0.3, -0.25) is 4.79 Å². The van der Waals surface area contributed by atoms with Gasteiger partial charge >= 0.3 is 0 Å². The molecule has 0 amide bonds. The van der Waals surface area contributed by atoms with Crippen LogP contribution in [0.4, 0.5) is 0 Å². The van der Waals surface area contributed by atoms with Crippen molar-refractivity contribution in [3.05, 3.63) is 68.7 Å². The van der Waals surface area contributed by atoms with Gasteiger partial charge in [0.05, 0.1) is 11.1 Å². The maximum atomic E-state index is 12.4. The van der Waals surface area contributed by atoms with Gasteiger partial charge in [0.1, 0.15) is 5.92 Å². The first-order chi connectivity index (χ1) is 9.52. The van der Waals surface area contributed by atoms with E-state index in [0.717, 1.165) is 0 Å². The van der Waals surface area contributed by atoms with E-state index < -0.39 is 5.92 Å². The first kappa shape index (κ1) is 14.9. The molecule has 0 aliphatic rings. The van der Waals surface area contributed by atoms with Crippen molar-refractivity contribution in [2.75, 3.05) is 0 Å². The largest absolute Gasteiger partial charge is 0.292 e. The number of ketones is 1. The Labute approximate surface area is 131 Å². The number of nitriles is 1. The topological polar surface area (TPSA) is 40.9 Å². The Morgan fingerprint density at radius 3 is 2.35 bits per heavy atom. The highest BCUT2D eigenvalue weighted by Crippen LogP contribution is 2.28. The van der Waals surface area contributed by atoms with Crippen LogP contribution >= 0.6 is 34.8 Å². The highest BCUT2D eigenvalue weighted by atomic mass is 35.5. The first-order valence-electron chi connectivity index (χ1n) is 5.67. The summed E-state index contributed by atoms with van der Waals surface area (Å²) in [5, 5.41) is 10.4. The fraction of sp³-hybridized carbons (Fsp3) is 0.0667. The zero-order valence-corrected chi connectivity index (χ0v) is 12.4. The Morgan fingerprint density at radius 2 is 1.75 bits per heavy atom. The van der Waals surface area contributed by atoms with E-state index in [1.54, 1.807) is 30.3 Å². The number of halogens is 3. The molecule has 0 aliphatic carbocycles. The molecule has 0 saturated heterocycles. The smallest absolute Gasteiger partial charge is 0.185 e. The Balaban J connectivity index is 2.42. The molecular weight excluding hydrogens is 317 g/mol. The lowest BCUT2D eigenvalue weighted by Gasteiger charge is -2.10. The average Bonchev–Trinajstić information content (AvgIpc) is 2.39. The summed E-state index contributed by atoms with van der Waals surface area (Å²) in [5.41, 5.74) is 0.804. The van der Waals surface area contributed by atoms with E-state index in [1.165, 1.54) is 12.1 Å². The van der Waals surface area contributed by atoms with Crippen LogP contribution in [0.25, 0.3) is 0 Å². The van der Waals surface area contributed by atoms with E-state index in [0.29, 0.717) is 15.6 Å². The van der Waals surface area contributed by atoms with Crippen LogP contribution < -0.4 is 0 Å². The van der Waals surface area contributed by atoms with Crippen molar-refractivity contribution in [3.63, 3.8) is 0 Å². The first-order valence-corrected chi connectivity index (χ1v) is 6.80. The van der Waals surface area contributed by atoms with Crippen LogP contribution in [-0.4, -0.2) is 5.78 Å². The monoisotopic (exact) mass is 323 g/mol. The zero-order chi connectivity index (χ0) is 14.7. The van der Waals surface area contributed by atoms with E-state index in [4.69, 9.17) is 34.8 Å². The number of hydrogen-bond acceptors (Lipinski definition) is 2. The fourth-order valence-corrected chi connectivity index (χ4v) is 2.52. The Bertz CT molecular complexity index is 707. The Hall–Kier alpha value is -1.53. The molecule has 0 spiro atoms. The van der Waals surface area contributed by atoms with Crippen LogP contribution in [0.15, 0.2) is 42.5 Å². The number of rotatable bonds is 3. The van der Waals surface area contributed by atoms with Gasteiger partial charge in [-0.05, 0) is 35.9 Å². The molecule has 0 aromatic heterocycles. The van der Waals surface area contributed by atoms with Gasteiger partial charge in [0.2, 0.25) is 0 Å². The number of hydrogen-bond donors (Lipinski definition) is 0. The SMILES string of the molecule is N#CC(C(=O)c1ccc(Cl)cc1Cl)c1cccc(Cl)c1. The number of benzene rings is 2. The second-order valence-electron chi connectivity index (χ2n) is 4.11. The highest BCUT2D eigenvalue weighted by molar-refractivity contribution is 6.37.